The number of nitrogens with two attached hydrogens (primary N) is 1. The number of hydrogen-bond donors (Lipinski definition) is 1. The van der Waals surface area contributed by atoms with Crippen molar-refractivity contribution in [1.82, 2.24) is 4.90 Å². The smallest absolute Gasteiger partial charge is 0.0300 e. The lowest BCUT2D eigenvalue weighted by molar-refractivity contribution is 0.132. The molecule has 0 spiro atoms. The van der Waals surface area contributed by atoms with Crippen LogP contribution in [0.3, 0.4) is 0 Å². The third kappa shape index (κ3) is 6.62. The van der Waals surface area contributed by atoms with E-state index in [-0.39, 0.29) is 5.54 Å². The lowest BCUT2D eigenvalue weighted by Gasteiger charge is -2.38. The van der Waals surface area contributed by atoms with Gasteiger partial charge in [-0.3, -0.25) is 4.90 Å². The molecule has 0 radical (unpaired) electrons. The highest BCUT2D eigenvalue weighted by Gasteiger charge is 2.26. The average molecular weight is 290 g/mol. The van der Waals surface area contributed by atoms with Crippen molar-refractivity contribution >= 4 is 0 Å². The van der Waals surface area contributed by atoms with Gasteiger partial charge in [0.2, 0.25) is 0 Å². The molecule has 0 saturated heterocycles. The van der Waals surface area contributed by atoms with Crippen LogP contribution in [0.1, 0.15) is 57.9 Å². The summed E-state index contributed by atoms with van der Waals surface area (Å²) in [5.74, 6) is 0. The van der Waals surface area contributed by atoms with Gasteiger partial charge in [0.25, 0.3) is 0 Å². The predicted octanol–water partition coefficient (Wildman–Crippen LogP) is 4.24. The summed E-state index contributed by atoms with van der Waals surface area (Å²) in [6.45, 7) is 6.40. The van der Waals surface area contributed by atoms with Crippen LogP contribution in [-0.2, 0) is 6.42 Å². The fourth-order valence-corrected chi connectivity index (χ4v) is 2.77. The van der Waals surface area contributed by atoms with Gasteiger partial charge in [0.15, 0.2) is 0 Å². The van der Waals surface area contributed by atoms with E-state index in [0.717, 1.165) is 19.5 Å². The molecular weight excluding hydrogens is 256 g/mol. The number of unbranched alkanes of at least 4 members (excludes halogenated alkanes) is 4. The van der Waals surface area contributed by atoms with Crippen molar-refractivity contribution in [1.29, 1.82) is 0 Å². The largest absolute Gasteiger partial charge is 0.329 e. The van der Waals surface area contributed by atoms with Crippen LogP contribution < -0.4 is 5.73 Å². The van der Waals surface area contributed by atoms with E-state index in [1.54, 1.807) is 0 Å². The summed E-state index contributed by atoms with van der Waals surface area (Å²) in [6, 6.07) is 10.7. The van der Waals surface area contributed by atoms with Gasteiger partial charge in [-0.25, -0.2) is 0 Å². The number of likely N-dealkylation sites (N-methyl/N-ethyl adjacent to an activating group) is 1. The molecule has 1 rings (SSSR count). The van der Waals surface area contributed by atoms with Gasteiger partial charge in [0.1, 0.15) is 0 Å². The van der Waals surface area contributed by atoms with Gasteiger partial charge in [-0.05, 0) is 32.4 Å². The molecule has 120 valence electrons. The Hall–Kier alpha value is -0.860. The number of nitrogens with zero attached hydrogens (tertiary/aromatic N) is 1. The molecule has 0 bridgehead atoms. The van der Waals surface area contributed by atoms with Crippen molar-refractivity contribution in [2.45, 2.75) is 64.3 Å². The highest BCUT2D eigenvalue weighted by molar-refractivity contribution is 5.15. The van der Waals surface area contributed by atoms with E-state index < -0.39 is 0 Å². The van der Waals surface area contributed by atoms with E-state index in [4.69, 9.17) is 5.73 Å². The zero-order valence-corrected chi connectivity index (χ0v) is 14.3. The monoisotopic (exact) mass is 290 g/mol. The molecule has 1 unspecified atom stereocenters. The Morgan fingerprint density at radius 3 is 2.33 bits per heavy atom. The Labute approximate surface area is 131 Å². The predicted molar refractivity (Wildman–Crippen MR) is 93.6 cm³/mol. The molecule has 2 nitrogen and oxygen atoms in total. The van der Waals surface area contributed by atoms with E-state index in [1.165, 1.54) is 44.1 Å². The Bertz CT molecular complexity index is 363. The van der Waals surface area contributed by atoms with Crippen LogP contribution in [0.15, 0.2) is 30.3 Å². The van der Waals surface area contributed by atoms with Gasteiger partial charge < -0.3 is 5.73 Å². The fraction of sp³-hybridized carbons (Fsp3) is 0.684. The van der Waals surface area contributed by atoms with Crippen LogP contribution in [0.25, 0.3) is 0 Å². The van der Waals surface area contributed by atoms with Crippen molar-refractivity contribution < 1.29 is 0 Å². The summed E-state index contributed by atoms with van der Waals surface area (Å²) in [4.78, 5) is 2.46. The van der Waals surface area contributed by atoms with Gasteiger partial charge in [-0.2, -0.15) is 0 Å². The summed E-state index contributed by atoms with van der Waals surface area (Å²) >= 11 is 0. The Kier molecular flexibility index (Phi) is 8.63. The molecule has 0 aliphatic rings. The Balaban J connectivity index is 2.37. The second-order valence-electron chi connectivity index (χ2n) is 6.52. The van der Waals surface area contributed by atoms with Gasteiger partial charge in [0, 0.05) is 18.6 Å². The van der Waals surface area contributed by atoms with Crippen molar-refractivity contribution in [3.05, 3.63) is 35.9 Å². The van der Waals surface area contributed by atoms with Crippen LogP contribution in [-0.4, -0.2) is 30.6 Å². The molecule has 0 saturated carbocycles. The second kappa shape index (κ2) is 9.97. The number of hydrogen-bond acceptors (Lipinski definition) is 2. The second-order valence-corrected chi connectivity index (χ2v) is 6.52. The van der Waals surface area contributed by atoms with E-state index in [9.17, 15) is 0 Å². The van der Waals surface area contributed by atoms with Gasteiger partial charge >= 0.3 is 0 Å². The van der Waals surface area contributed by atoms with Crippen molar-refractivity contribution in [3.8, 4) is 0 Å². The molecule has 1 aromatic rings. The van der Waals surface area contributed by atoms with Crippen molar-refractivity contribution in [2.75, 3.05) is 20.1 Å². The molecule has 0 aromatic heterocycles. The van der Waals surface area contributed by atoms with Gasteiger partial charge in [0.05, 0.1) is 0 Å². The molecule has 0 fully saturated rings. The fourth-order valence-electron chi connectivity index (χ4n) is 2.77. The van der Waals surface area contributed by atoms with Crippen LogP contribution in [0.2, 0.25) is 0 Å². The highest BCUT2D eigenvalue weighted by Crippen LogP contribution is 2.21. The molecule has 21 heavy (non-hydrogen) atoms. The first-order valence-corrected chi connectivity index (χ1v) is 8.57. The molecular formula is C19H34N2. The van der Waals surface area contributed by atoms with Crippen LogP contribution in [0.4, 0.5) is 0 Å². The number of rotatable bonds is 11. The standard InChI is InChI=1S/C19H34N2/c1-4-5-6-7-11-15-19(2,17-20)21(3)16-14-18-12-9-8-10-13-18/h8-10,12-13H,4-7,11,14-17,20H2,1-3H3. The van der Waals surface area contributed by atoms with Crippen molar-refractivity contribution in [2.24, 2.45) is 5.73 Å². The summed E-state index contributed by atoms with van der Waals surface area (Å²) < 4.78 is 0. The van der Waals surface area contributed by atoms with Crippen LogP contribution in [0.5, 0.6) is 0 Å². The molecule has 1 aromatic carbocycles. The molecule has 0 heterocycles. The normalized spacial score (nSPS) is 14.3. The van der Waals surface area contributed by atoms with E-state index in [1.807, 2.05) is 0 Å². The lowest BCUT2D eigenvalue weighted by Crippen LogP contribution is -2.50. The van der Waals surface area contributed by atoms with Gasteiger partial charge in [-0.1, -0.05) is 69.4 Å². The SMILES string of the molecule is CCCCCCCC(C)(CN)N(C)CCc1ccccc1. The summed E-state index contributed by atoms with van der Waals surface area (Å²) in [5, 5.41) is 0. The molecule has 0 aliphatic heterocycles. The molecule has 2 N–H and O–H groups in total. The molecule has 0 aliphatic carbocycles. The maximum atomic E-state index is 6.08. The zero-order chi connectivity index (χ0) is 15.6. The lowest BCUT2D eigenvalue weighted by atomic mass is 9.92. The number of benzene rings is 1. The van der Waals surface area contributed by atoms with E-state index in [0.29, 0.717) is 0 Å². The van der Waals surface area contributed by atoms with E-state index >= 15 is 0 Å². The topological polar surface area (TPSA) is 29.3 Å². The van der Waals surface area contributed by atoms with Crippen LogP contribution >= 0.6 is 0 Å². The minimum absolute atomic E-state index is 0.140. The first-order chi connectivity index (χ1) is 10.1. The summed E-state index contributed by atoms with van der Waals surface area (Å²) in [7, 11) is 2.22. The van der Waals surface area contributed by atoms with E-state index in [2.05, 4.69) is 56.1 Å². The van der Waals surface area contributed by atoms with Gasteiger partial charge in [-0.15, -0.1) is 0 Å². The maximum absolute atomic E-state index is 6.08. The molecule has 0 amide bonds. The quantitative estimate of drug-likeness (QED) is 0.618. The highest BCUT2D eigenvalue weighted by atomic mass is 15.2. The first-order valence-electron chi connectivity index (χ1n) is 8.57. The third-order valence-electron chi connectivity index (χ3n) is 4.76. The van der Waals surface area contributed by atoms with Crippen molar-refractivity contribution in [3.63, 3.8) is 0 Å². The molecule has 2 heteroatoms. The zero-order valence-electron chi connectivity index (χ0n) is 14.3. The van der Waals surface area contributed by atoms with Crippen LogP contribution in [0, 0.1) is 0 Å². The summed E-state index contributed by atoms with van der Waals surface area (Å²) in [6.07, 6.45) is 8.99. The summed E-state index contributed by atoms with van der Waals surface area (Å²) in [5.41, 5.74) is 7.62. The third-order valence-corrected chi connectivity index (χ3v) is 4.76. The minimum Gasteiger partial charge on any atom is -0.329 e. The maximum Gasteiger partial charge on any atom is 0.0300 e. The first kappa shape index (κ1) is 18.2. The Morgan fingerprint density at radius 2 is 1.71 bits per heavy atom. The Morgan fingerprint density at radius 1 is 1.05 bits per heavy atom. The average Bonchev–Trinajstić information content (AvgIpc) is 2.53. The molecule has 1 atom stereocenters. The minimum atomic E-state index is 0.140.